The zero-order valence-electron chi connectivity index (χ0n) is 12.8. The number of benzene rings is 1. The van der Waals surface area contributed by atoms with Gasteiger partial charge >= 0.3 is 0 Å². The third-order valence-corrected chi connectivity index (χ3v) is 5.22. The fourth-order valence-corrected chi connectivity index (χ4v) is 4.16. The van der Waals surface area contributed by atoms with Gasteiger partial charge < -0.3 is 10.1 Å². The summed E-state index contributed by atoms with van der Waals surface area (Å²) >= 11 is 0. The van der Waals surface area contributed by atoms with Crippen LogP contribution in [0.3, 0.4) is 0 Å². The molecule has 1 aromatic carbocycles. The summed E-state index contributed by atoms with van der Waals surface area (Å²) in [6.07, 6.45) is 5.16. The lowest BCUT2D eigenvalue weighted by atomic mass is 9.48. The van der Waals surface area contributed by atoms with Crippen LogP contribution in [0.2, 0.25) is 0 Å². The van der Waals surface area contributed by atoms with Crippen molar-refractivity contribution in [2.45, 2.75) is 51.0 Å². The van der Waals surface area contributed by atoms with Gasteiger partial charge in [0.05, 0.1) is 0 Å². The minimum Gasteiger partial charge on any atom is -0.381 e. The summed E-state index contributed by atoms with van der Waals surface area (Å²) in [6.45, 7) is 7.51. The first-order valence-corrected chi connectivity index (χ1v) is 8.01. The Morgan fingerprint density at radius 2 is 1.75 bits per heavy atom. The van der Waals surface area contributed by atoms with Crippen molar-refractivity contribution in [3.8, 4) is 0 Å². The van der Waals surface area contributed by atoms with Crippen LogP contribution in [0.15, 0.2) is 30.3 Å². The second-order valence-electron chi connectivity index (χ2n) is 7.15. The maximum atomic E-state index is 5.56. The Morgan fingerprint density at radius 1 is 1.10 bits per heavy atom. The first-order valence-electron chi connectivity index (χ1n) is 8.01. The van der Waals surface area contributed by atoms with Crippen LogP contribution >= 0.6 is 0 Å². The average Bonchev–Trinajstić information content (AvgIpc) is 2.44. The minimum absolute atomic E-state index is 0.350. The third-order valence-electron chi connectivity index (χ3n) is 5.22. The highest BCUT2D eigenvalue weighted by atomic mass is 16.5. The Labute approximate surface area is 122 Å². The molecule has 1 aliphatic carbocycles. The molecule has 2 heteroatoms. The lowest BCUT2D eigenvalue weighted by molar-refractivity contribution is -0.0741. The molecule has 2 fully saturated rings. The van der Waals surface area contributed by atoms with Crippen LogP contribution in [0.25, 0.3) is 0 Å². The van der Waals surface area contributed by atoms with Gasteiger partial charge in [-0.15, -0.1) is 0 Å². The van der Waals surface area contributed by atoms with Crippen molar-refractivity contribution in [1.82, 2.24) is 5.32 Å². The predicted molar refractivity (Wildman–Crippen MR) is 83.0 cm³/mol. The Bertz CT molecular complexity index is 426. The normalized spacial score (nSPS) is 23.8. The number of rotatable bonds is 4. The summed E-state index contributed by atoms with van der Waals surface area (Å²) in [5.41, 5.74) is 2.43. The fourth-order valence-electron chi connectivity index (χ4n) is 4.16. The lowest BCUT2D eigenvalue weighted by Crippen LogP contribution is -2.57. The van der Waals surface area contributed by atoms with E-state index in [9.17, 15) is 0 Å². The first-order chi connectivity index (χ1) is 9.64. The van der Waals surface area contributed by atoms with Gasteiger partial charge in [0.2, 0.25) is 0 Å². The third kappa shape index (κ3) is 2.64. The number of nitrogens with one attached hydrogen (secondary N) is 1. The molecule has 1 aromatic rings. The van der Waals surface area contributed by atoms with Crippen LogP contribution in [0.4, 0.5) is 0 Å². The van der Waals surface area contributed by atoms with Crippen LogP contribution in [0.1, 0.15) is 45.1 Å². The highest BCUT2D eigenvalue weighted by Crippen LogP contribution is 2.59. The van der Waals surface area contributed by atoms with Crippen LogP contribution in [0.5, 0.6) is 0 Å². The summed E-state index contributed by atoms with van der Waals surface area (Å²) in [5, 5.41) is 3.68. The maximum absolute atomic E-state index is 5.56. The van der Waals surface area contributed by atoms with E-state index in [1.165, 1.54) is 31.2 Å². The fraction of sp³-hybridized carbons (Fsp3) is 0.667. The van der Waals surface area contributed by atoms with E-state index in [1.807, 2.05) is 0 Å². The van der Waals surface area contributed by atoms with Crippen molar-refractivity contribution >= 4 is 0 Å². The van der Waals surface area contributed by atoms with Gasteiger partial charge in [0.25, 0.3) is 0 Å². The molecule has 3 rings (SSSR count). The molecule has 1 saturated heterocycles. The maximum Gasteiger partial charge on any atom is 0.0471 e. The highest BCUT2D eigenvalue weighted by molar-refractivity contribution is 5.31. The molecule has 20 heavy (non-hydrogen) atoms. The van der Waals surface area contributed by atoms with Crippen molar-refractivity contribution in [2.24, 2.45) is 5.41 Å². The van der Waals surface area contributed by atoms with Crippen LogP contribution in [-0.4, -0.2) is 25.8 Å². The van der Waals surface area contributed by atoms with Gasteiger partial charge in [0.15, 0.2) is 0 Å². The van der Waals surface area contributed by atoms with Crippen molar-refractivity contribution in [3.63, 3.8) is 0 Å². The largest absolute Gasteiger partial charge is 0.381 e. The molecule has 0 unspecified atom stereocenters. The number of hydrogen-bond donors (Lipinski definition) is 1. The molecule has 0 atom stereocenters. The summed E-state index contributed by atoms with van der Waals surface area (Å²) in [4.78, 5) is 0. The van der Waals surface area contributed by atoms with Gasteiger partial charge in [0.1, 0.15) is 0 Å². The smallest absolute Gasteiger partial charge is 0.0471 e. The van der Waals surface area contributed by atoms with Crippen molar-refractivity contribution < 1.29 is 4.74 Å². The van der Waals surface area contributed by atoms with Crippen molar-refractivity contribution in [3.05, 3.63) is 35.9 Å². The molecule has 0 radical (unpaired) electrons. The van der Waals surface area contributed by atoms with Gasteiger partial charge in [-0.25, -0.2) is 0 Å². The molecule has 0 bridgehead atoms. The van der Waals surface area contributed by atoms with E-state index in [1.54, 1.807) is 0 Å². The molecule has 1 spiro atoms. The van der Waals surface area contributed by atoms with E-state index in [4.69, 9.17) is 4.74 Å². The summed E-state index contributed by atoms with van der Waals surface area (Å²) in [7, 11) is 0. The predicted octanol–water partition coefficient (Wildman–Crippen LogP) is 3.51. The van der Waals surface area contributed by atoms with E-state index in [2.05, 4.69) is 49.5 Å². The summed E-state index contributed by atoms with van der Waals surface area (Å²) in [5.74, 6) is 0. The molecule has 1 aliphatic heterocycles. The second kappa shape index (κ2) is 5.50. The zero-order chi connectivity index (χ0) is 14.1. The van der Waals surface area contributed by atoms with E-state index >= 15 is 0 Å². The molecule has 1 saturated carbocycles. The molecule has 2 aliphatic rings. The second-order valence-corrected chi connectivity index (χ2v) is 7.15. The average molecular weight is 273 g/mol. The molecule has 110 valence electrons. The Balaban J connectivity index is 1.76. The standard InChI is InChI=1S/C18H27NO/c1-15(2)19-14-18(16-6-4-3-5-7-16)12-17(13-18)8-10-20-11-9-17/h3-7,15,19H,8-14H2,1-2H3. The quantitative estimate of drug-likeness (QED) is 0.906. The molecular formula is C18H27NO. The lowest BCUT2D eigenvalue weighted by Gasteiger charge is -2.59. The molecule has 1 N–H and O–H groups in total. The molecule has 2 nitrogen and oxygen atoms in total. The number of ether oxygens (including phenoxy) is 1. The van der Waals surface area contributed by atoms with E-state index in [0.29, 0.717) is 16.9 Å². The first kappa shape index (κ1) is 14.1. The van der Waals surface area contributed by atoms with Crippen LogP contribution < -0.4 is 5.32 Å². The Hall–Kier alpha value is -0.860. The highest BCUT2D eigenvalue weighted by Gasteiger charge is 2.54. The SMILES string of the molecule is CC(C)NCC1(c2ccccc2)CC2(CCOCC2)C1. The van der Waals surface area contributed by atoms with Gasteiger partial charge in [-0.05, 0) is 36.7 Å². The molecular weight excluding hydrogens is 246 g/mol. The van der Waals surface area contributed by atoms with E-state index in [-0.39, 0.29) is 0 Å². The Morgan fingerprint density at radius 3 is 2.35 bits per heavy atom. The van der Waals surface area contributed by atoms with Crippen molar-refractivity contribution in [2.75, 3.05) is 19.8 Å². The molecule has 0 aromatic heterocycles. The van der Waals surface area contributed by atoms with Crippen LogP contribution in [-0.2, 0) is 10.2 Å². The number of hydrogen-bond acceptors (Lipinski definition) is 2. The summed E-state index contributed by atoms with van der Waals surface area (Å²) in [6, 6.07) is 11.7. The monoisotopic (exact) mass is 273 g/mol. The Kier molecular flexibility index (Phi) is 3.87. The molecule has 1 heterocycles. The zero-order valence-corrected chi connectivity index (χ0v) is 12.8. The van der Waals surface area contributed by atoms with E-state index in [0.717, 1.165) is 19.8 Å². The topological polar surface area (TPSA) is 21.3 Å². The van der Waals surface area contributed by atoms with Gasteiger partial charge in [-0.2, -0.15) is 0 Å². The minimum atomic E-state index is 0.350. The van der Waals surface area contributed by atoms with Crippen LogP contribution in [0, 0.1) is 5.41 Å². The van der Waals surface area contributed by atoms with Gasteiger partial charge in [-0.1, -0.05) is 44.2 Å². The van der Waals surface area contributed by atoms with Gasteiger partial charge in [-0.3, -0.25) is 0 Å². The molecule has 0 amide bonds. The summed E-state index contributed by atoms with van der Waals surface area (Å²) < 4.78 is 5.56. The van der Waals surface area contributed by atoms with Gasteiger partial charge in [0, 0.05) is 31.2 Å². The van der Waals surface area contributed by atoms with E-state index < -0.39 is 0 Å². The van der Waals surface area contributed by atoms with Crippen molar-refractivity contribution in [1.29, 1.82) is 0 Å².